The SMILES string of the molecule is CC(C)(C)OC(=O)NCCNC(=O)[C@H]1CC[C@H](C(=O)c2ccccc2)CC1. The average Bonchev–Trinajstić information content (AvgIpc) is 2.64. The molecule has 6 heteroatoms. The molecule has 0 atom stereocenters. The Kier molecular flexibility index (Phi) is 7.39. The fourth-order valence-electron chi connectivity index (χ4n) is 3.26. The van der Waals surface area contributed by atoms with Crippen LogP contribution in [-0.4, -0.2) is 36.5 Å². The molecule has 0 radical (unpaired) electrons. The number of ketones is 1. The van der Waals surface area contributed by atoms with Crippen molar-refractivity contribution in [1.29, 1.82) is 0 Å². The number of nitrogens with one attached hydrogen (secondary N) is 2. The summed E-state index contributed by atoms with van der Waals surface area (Å²) in [5.41, 5.74) is 0.210. The standard InChI is InChI=1S/C21H30N2O4/c1-21(2,3)27-20(26)23-14-13-22-19(25)17-11-9-16(10-12-17)18(24)15-7-5-4-6-8-15/h4-8,16-17H,9-14H2,1-3H3,(H,22,25)(H,23,26)/t16-,17-. The molecule has 0 aliphatic heterocycles. The second-order valence-corrected chi connectivity index (χ2v) is 8.00. The van der Waals surface area contributed by atoms with Crippen molar-refractivity contribution in [2.45, 2.75) is 52.1 Å². The summed E-state index contributed by atoms with van der Waals surface area (Å²) < 4.78 is 5.14. The number of amides is 2. The van der Waals surface area contributed by atoms with E-state index in [0.717, 1.165) is 18.4 Å². The average molecular weight is 374 g/mol. The first-order valence-electron chi connectivity index (χ1n) is 9.60. The number of hydrogen-bond donors (Lipinski definition) is 2. The van der Waals surface area contributed by atoms with Gasteiger partial charge in [0.2, 0.25) is 5.91 Å². The molecule has 0 bridgehead atoms. The molecule has 0 unspecified atom stereocenters. The summed E-state index contributed by atoms with van der Waals surface area (Å²) in [6.45, 7) is 6.08. The summed E-state index contributed by atoms with van der Waals surface area (Å²) in [6.07, 6.45) is 2.42. The van der Waals surface area contributed by atoms with E-state index in [0.29, 0.717) is 25.9 Å². The lowest BCUT2D eigenvalue weighted by atomic mass is 9.78. The molecule has 6 nitrogen and oxygen atoms in total. The van der Waals surface area contributed by atoms with E-state index in [-0.39, 0.29) is 23.5 Å². The summed E-state index contributed by atoms with van der Waals surface area (Å²) in [5.74, 6) is 0.110. The van der Waals surface area contributed by atoms with Gasteiger partial charge in [0.05, 0.1) is 0 Å². The number of Topliss-reactive ketones (excluding diaryl/α,β-unsaturated/α-hetero) is 1. The van der Waals surface area contributed by atoms with Crippen LogP contribution in [0.1, 0.15) is 56.8 Å². The summed E-state index contributed by atoms with van der Waals surface area (Å²) in [5, 5.41) is 5.47. The Hall–Kier alpha value is -2.37. The third-order valence-corrected chi connectivity index (χ3v) is 4.62. The highest BCUT2D eigenvalue weighted by Crippen LogP contribution is 2.31. The minimum Gasteiger partial charge on any atom is -0.444 e. The van der Waals surface area contributed by atoms with Crippen LogP contribution in [0.2, 0.25) is 0 Å². The van der Waals surface area contributed by atoms with Gasteiger partial charge in [0.15, 0.2) is 5.78 Å². The maximum atomic E-state index is 12.5. The number of carbonyl (C=O) groups is 3. The molecule has 0 saturated heterocycles. The number of carbonyl (C=O) groups excluding carboxylic acids is 3. The maximum Gasteiger partial charge on any atom is 0.407 e. The van der Waals surface area contributed by atoms with Crippen LogP contribution < -0.4 is 10.6 Å². The van der Waals surface area contributed by atoms with Gasteiger partial charge in [-0.2, -0.15) is 0 Å². The number of alkyl carbamates (subject to hydrolysis) is 1. The maximum absolute atomic E-state index is 12.5. The molecular formula is C21H30N2O4. The van der Waals surface area contributed by atoms with Crippen LogP contribution in [0, 0.1) is 11.8 Å². The lowest BCUT2D eigenvalue weighted by Crippen LogP contribution is -2.40. The minimum absolute atomic E-state index is 0.00489. The molecule has 148 valence electrons. The molecule has 0 aromatic heterocycles. The Morgan fingerprint density at radius 1 is 0.926 bits per heavy atom. The lowest BCUT2D eigenvalue weighted by Gasteiger charge is -2.27. The first-order valence-corrected chi connectivity index (χ1v) is 9.60. The number of ether oxygens (including phenoxy) is 1. The topological polar surface area (TPSA) is 84.5 Å². The van der Waals surface area contributed by atoms with Gasteiger partial charge in [-0.3, -0.25) is 9.59 Å². The van der Waals surface area contributed by atoms with E-state index in [2.05, 4.69) is 10.6 Å². The Balaban J connectivity index is 1.66. The summed E-state index contributed by atoms with van der Waals surface area (Å²) in [7, 11) is 0. The molecule has 1 aliphatic rings. The van der Waals surface area contributed by atoms with E-state index in [4.69, 9.17) is 4.74 Å². The van der Waals surface area contributed by atoms with Crippen molar-refractivity contribution in [3.63, 3.8) is 0 Å². The predicted molar refractivity (Wildman–Crippen MR) is 103 cm³/mol. The quantitative estimate of drug-likeness (QED) is 0.591. The Bertz CT molecular complexity index is 644. The molecule has 2 N–H and O–H groups in total. The molecular weight excluding hydrogens is 344 g/mol. The highest BCUT2D eigenvalue weighted by Gasteiger charge is 2.30. The Morgan fingerprint density at radius 3 is 2.07 bits per heavy atom. The zero-order valence-electron chi connectivity index (χ0n) is 16.4. The highest BCUT2D eigenvalue weighted by molar-refractivity contribution is 5.98. The van der Waals surface area contributed by atoms with E-state index in [9.17, 15) is 14.4 Å². The van der Waals surface area contributed by atoms with Gasteiger partial charge >= 0.3 is 6.09 Å². The van der Waals surface area contributed by atoms with Gasteiger partial charge in [-0.1, -0.05) is 30.3 Å². The van der Waals surface area contributed by atoms with Gasteiger partial charge in [-0.05, 0) is 46.5 Å². The third-order valence-electron chi connectivity index (χ3n) is 4.62. The largest absolute Gasteiger partial charge is 0.444 e. The predicted octanol–water partition coefficient (Wildman–Crippen LogP) is 3.32. The van der Waals surface area contributed by atoms with Crippen LogP contribution in [0.15, 0.2) is 30.3 Å². The summed E-state index contributed by atoms with van der Waals surface area (Å²) in [6, 6.07) is 9.34. The Morgan fingerprint density at radius 2 is 1.48 bits per heavy atom. The monoisotopic (exact) mass is 374 g/mol. The van der Waals surface area contributed by atoms with E-state index < -0.39 is 11.7 Å². The van der Waals surface area contributed by atoms with Crippen molar-refractivity contribution in [3.05, 3.63) is 35.9 Å². The van der Waals surface area contributed by atoms with Crippen molar-refractivity contribution in [2.24, 2.45) is 11.8 Å². The second kappa shape index (κ2) is 9.53. The first kappa shape index (κ1) is 20.9. The molecule has 0 heterocycles. The van der Waals surface area contributed by atoms with E-state index >= 15 is 0 Å². The first-order chi connectivity index (χ1) is 12.8. The van der Waals surface area contributed by atoms with Gasteiger partial charge < -0.3 is 15.4 Å². The number of rotatable bonds is 6. The summed E-state index contributed by atoms with van der Waals surface area (Å²) >= 11 is 0. The van der Waals surface area contributed by atoms with Crippen molar-refractivity contribution in [3.8, 4) is 0 Å². The van der Waals surface area contributed by atoms with Gasteiger partial charge in [-0.15, -0.1) is 0 Å². The number of hydrogen-bond acceptors (Lipinski definition) is 4. The molecule has 27 heavy (non-hydrogen) atoms. The van der Waals surface area contributed by atoms with Gasteiger partial charge in [-0.25, -0.2) is 4.79 Å². The van der Waals surface area contributed by atoms with E-state index in [1.807, 2.05) is 30.3 Å². The Labute approximate surface area is 161 Å². The molecule has 1 saturated carbocycles. The fourth-order valence-corrected chi connectivity index (χ4v) is 3.26. The summed E-state index contributed by atoms with van der Waals surface area (Å²) in [4.78, 5) is 36.3. The molecule has 1 fully saturated rings. The van der Waals surface area contributed by atoms with Crippen LogP contribution in [0.25, 0.3) is 0 Å². The van der Waals surface area contributed by atoms with Crippen molar-refractivity contribution in [2.75, 3.05) is 13.1 Å². The molecule has 2 rings (SSSR count). The van der Waals surface area contributed by atoms with Crippen LogP contribution in [-0.2, 0) is 9.53 Å². The van der Waals surface area contributed by atoms with Crippen LogP contribution in [0.5, 0.6) is 0 Å². The zero-order chi connectivity index (χ0) is 19.9. The van der Waals surface area contributed by atoms with Crippen LogP contribution >= 0.6 is 0 Å². The molecule has 1 aliphatic carbocycles. The second-order valence-electron chi connectivity index (χ2n) is 8.00. The molecule has 0 spiro atoms. The van der Waals surface area contributed by atoms with Crippen LogP contribution in [0.4, 0.5) is 4.79 Å². The molecule has 1 aromatic carbocycles. The highest BCUT2D eigenvalue weighted by atomic mass is 16.6. The normalized spacial score (nSPS) is 19.8. The lowest BCUT2D eigenvalue weighted by molar-refractivity contribution is -0.126. The molecule has 1 aromatic rings. The van der Waals surface area contributed by atoms with Crippen molar-refractivity contribution in [1.82, 2.24) is 10.6 Å². The van der Waals surface area contributed by atoms with Gasteiger partial charge in [0.1, 0.15) is 5.60 Å². The third kappa shape index (κ3) is 7.04. The molecule has 2 amide bonds. The number of benzene rings is 1. The smallest absolute Gasteiger partial charge is 0.407 e. The minimum atomic E-state index is -0.539. The van der Waals surface area contributed by atoms with Crippen molar-refractivity contribution < 1.29 is 19.1 Å². The zero-order valence-corrected chi connectivity index (χ0v) is 16.4. The van der Waals surface area contributed by atoms with E-state index in [1.165, 1.54) is 0 Å². The van der Waals surface area contributed by atoms with Crippen LogP contribution in [0.3, 0.4) is 0 Å². The van der Waals surface area contributed by atoms with Gasteiger partial charge in [0, 0.05) is 30.5 Å². The van der Waals surface area contributed by atoms with E-state index in [1.54, 1.807) is 20.8 Å². The van der Waals surface area contributed by atoms with Crippen molar-refractivity contribution >= 4 is 17.8 Å². The van der Waals surface area contributed by atoms with Gasteiger partial charge in [0.25, 0.3) is 0 Å². The fraction of sp³-hybridized carbons (Fsp3) is 0.571.